The second kappa shape index (κ2) is 16.8. The molecule has 2 fully saturated rings. The van der Waals surface area contributed by atoms with E-state index in [4.69, 9.17) is 9.97 Å². The van der Waals surface area contributed by atoms with Crippen molar-refractivity contribution in [3.8, 4) is 67.3 Å². The van der Waals surface area contributed by atoms with E-state index < -0.39 is 0 Å². The molecule has 0 unspecified atom stereocenters. The number of benzene rings is 7. The topological polar surface area (TPSA) is 32.3 Å². The smallest absolute Gasteiger partial charge is 0.0715 e. The highest BCUT2D eigenvalue weighted by Gasteiger charge is 2.23. The third kappa shape index (κ3) is 7.40. The van der Waals surface area contributed by atoms with E-state index in [9.17, 15) is 0 Å². The van der Waals surface area contributed by atoms with Crippen molar-refractivity contribution in [2.24, 2.45) is 0 Å². The fourth-order valence-corrected chi connectivity index (χ4v) is 9.90. The first-order chi connectivity index (χ1) is 30.7. The molecule has 0 saturated carbocycles. The zero-order chi connectivity index (χ0) is 41.2. The Labute approximate surface area is 365 Å². The molecule has 0 bridgehead atoms. The van der Waals surface area contributed by atoms with Crippen LogP contribution in [-0.4, -0.2) is 36.1 Å². The second-order valence-electron chi connectivity index (χ2n) is 17.0. The first-order valence-corrected chi connectivity index (χ1v) is 22.5. The summed E-state index contributed by atoms with van der Waals surface area (Å²) < 4.78 is 0. The van der Waals surface area contributed by atoms with Crippen molar-refractivity contribution < 1.29 is 0 Å². The van der Waals surface area contributed by atoms with Gasteiger partial charge < -0.3 is 9.80 Å². The van der Waals surface area contributed by atoms with E-state index in [0.717, 1.165) is 71.2 Å². The summed E-state index contributed by atoms with van der Waals surface area (Å²) in [7, 11) is 0. The molecule has 0 N–H and O–H groups in total. The number of hydrogen-bond donors (Lipinski definition) is 0. The predicted octanol–water partition coefficient (Wildman–Crippen LogP) is 14.8. The van der Waals surface area contributed by atoms with Gasteiger partial charge in [-0.2, -0.15) is 0 Å². The Bertz CT molecular complexity index is 2680. The summed E-state index contributed by atoms with van der Waals surface area (Å²) in [6.45, 7) is 4.32. The normalized spacial score (nSPS) is 14.4. The summed E-state index contributed by atoms with van der Waals surface area (Å²) in [5, 5.41) is 5.00. The van der Waals surface area contributed by atoms with Gasteiger partial charge in [0.2, 0.25) is 0 Å². The minimum absolute atomic E-state index is 0.971. The standard InChI is InChI=1S/C58H50N4/c1-7-19-41(20-8-1)53-35-45(36-54(59-53)42-21-9-2-10-22-42)57-49-29-27-48(62-33-17-6-18-34-62)40-52(49)58(50-30-28-47(39-51(50)57)61-31-15-5-16-32-61)46-37-55(43-23-11-3-12-24-43)60-56(38-46)44-25-13-4-14-26-44/h1-4,7-14,19-30,35-40H,5-6,15-18,31-34H2. The van der Waals surface area contributed by atoms with Crippen LogP contribution < -0.4 is 9.80 Å². The minimum Gasteiger partial charge on any atom is -0.372 e. The van der Waals surface area contributed by atoms with Crippen molar-refractivity contribution in [2.75, 3.05) is 36.0 Å². The highest BCUT2D eigenvalue weighted by molar-refractivity contribution is 6.23. The van der Waals surface area contributed by atoms with Crippen molar-refractivity contribution in [1.29, 1.82) is 0 Å². The number of aromatic nitrogens is 2. The molecule has 0 amide bonds. The molecule has 302 valence electrons. The third-order valence-electron chi connectivity index (χ3n) is 13.0. The molecule has 62 heavy (non-hydrogen) atoms. The molecule has 0 atom stereocenters. The summed E-state index contributed by atoms with van der Waals surface area (Å²) in [6, 6.07) is 66.6. The maximum atomic E-state index is 5.35. The molecule has 4 heteroatoms. The molecule has 2 aliphatic heterocycles. The summed E-state index contributed by atoms with van der Waals surface area (Å²) in [5.74, 6) is 0. The van der Waals surface area contributed by atoms with Crippen LogP contribution in [0.4, 0.5) is 11.4 Å². The van der Waals surface area contributed by atoms with E-state index in [1.54, 1.807) is 0 Å². The molecular weight excluding hydrogens is 753 g/mol. The maximum absolute atomic E-state index is 5.35. The molecule has 0 aliphatic carbocycles. The summed E-state index contributed by atoms with van der Waals surface area (Å²) in [6.07, 6.45) is 7.47. The Balaban J connectivity index is 1.26. The fraction of sp³-hybridized carbons (Fsp3) is 0.172. The first kappa shape index (κ1) is 37.9. The van der Waals surface area contributed by atoms with Gasteiger partial charge in [0.25, 0.3) is 0 Å². The van der Waals surface area contributed by atoms with Crippen molar-refractivity contribution >= 4 is 32.9 Å². The molecule has 7 aromatic carbocycles. The molecule has 0 spiro atoms. The number of anilines is 2. The molecule has 4 heterocycles. The van der Waals surface area contributed by atoms with Gasteiger partial charge in [0.1, 0.15) is 0 Å². The van der Waals surface area contributed by atoms with Gasteiger partial charge in [-0.25, -0.2) is 9.97 Å². The van der Waals surface area contributed by atoms with Gasteiger partial charge in [0, 0.05) is 59.8 Å². The Kier molecular flexibility index (Phi) is 10.3. The molecule has 11 rings (SSSR count). The lowest BCUT2D eigenvalue weighted by Crippen LogP contribution is -2.29. The summed E-state index contributed by atoms with van der Waals surface area (Å²) in [4.78, 5) is 15.9. The van der Waals surface area contributed by atoms with E-state index in [0.29, 0.717) is 0 Å². The van der Waals surface area contributed by atoms with Gasteiger partial charge in [0.15, 0.2) is 0 Å². The number of piperidine rings is 2. The van der Waals surface area contributed by atoms with Crippen LogP contribution >= 0.6 is 0 Å². The van der Waals surface area contributed by atoms with Gasteiger partial charge in [-0.05, 0) is 131 Å². The first-order valence-electron chi connectivity index (χ1n) is 22.5. The monoisotopic (exact) mass is 802 g/mol. The molecule has 9 aromatic rings. The van der Waals surface area contributed by atoms with Crippen molar-refractivity contribution in [3.63, 3.8) is 0 Å². The van der Waals surface area contributed by atoms with E-state index in [-0.39, 0.29) is 0 Å². The van der Waals surface area contributed by atoms with Crippen LogP contribution in [0.2, 0.25) is 0 Å². The predicted molar refractivity (Wildman–Crippen MR) is 262 cm³/mol. The van der Waals surface area contributed by atoms with Gasteiger partial charge in [-0.1, -0.05) is 133 Å². The van der Waals surface area contributed by atoms with Crippen LogP contribution in [0.15, 0.2) is 182 Å². The van der Waals surface area contributed by atoms with Gasteiger partial charge in [0.05, 0.1) is 22.8 Å². The Morgan fingerprint density at radius 2 is 0.581 bits per heavy atom. The molecule has 2 aliphatic rings. The lowest BCUT2D eigenvalue weighted by molar-refractivity contribution is 0.578. The Hall–Kier alpha value is -7.04. The average molecular weight is 803 g/mol. The second-order valence-corrected chi connectivity index (χ2v) is 17.0. The van der Waals surface area contributed by atoms with Crippen molar-refractivity contribution in [2.45, 2.75) is 38.5 Å². The van der Waals surface area contributed by atoms with Crippen molar-refractivity contribution in [3.05, 3.63) is 182 Å². The lowest BCUT2D eigenvalue weighted by atomic mass is 9.84. The molecule has 2 aromatic heterocycles. The van der Waals surface area contributed by atoms with E-state index in [1.165, 1.54) is 93.7 Å². The number of hydrogen-bond acceptors (Lipinski definition) is 4. The largest absolute Gasteiger partial charge is 0.372 e. The zero-order valence-corrected chi connectivity index (χ0v) is 35.2. The van der Waals surface area contributed by atoms with E-state index >= 15 is 0 Å². The lowest BCUT2D eigenvalue weighted by Gasteiger charge is -2.30. The number of rotatable bonds is 8. The fourth-order valence-electron chi connectivity index (χ4n) is 9.90. The average Bonchev–Trinajstić information content (AvgIpc) is 3.36. The van der Waals surface area contributed by atoms with Crippen LogP contribution in [0.25, 0.3) is 88.8 Å². The molecule has 4 nitrogen and oxygen atoms in total. The highest BCUT2D eigenvalue weighted by Crippen LogP contribution is 2.48. The van der Waals surface area contributed by atoms with Gasteiger partial charge in [-0.15, -0.1) is 0 Å². The highest BCUT2D eigenvalue weighted by atomic mass is 15.1. The van der Waals surface area contributed by atoms with E-state index in [1.807, 2.05) is 0 Å². The number of fused-ring (bicyclic) bond motifs is 2. The Morgan fingerprint density at radius 1 is 0.274 bits per heavy atom. The molecular formula is C58H50N4. The van der Waals surface area contributed by atoms with E-state index in [2.05, 4.69) is 192 Å². The summed E-state index contributed by atoms with van der Waals surface area (Å²) >= 11 is 0. The Morgan fingerprint density at radius 3 is 0.887 bits per heavy atom. The summed E-state index contributed by atoms with van der Waals surface area (Å²) in [5.41, 5.74) is 15.7. The van der Waals surface area contributed by atoms with Crippen LogP contribution in [0, 0.1) is 0 Å². The number of nitrogens with zero attached hydrogens (tertiary/aromatic N) is 4. The van der Waals surface area contributed by atoms with Crippen molar-refractivity contribution in [1.82, 2.24) is 9.97 Å². The quantitative estimate of drug-likeness (QED) is 0.143. The van der Waals surface area contributed by atoms with Crippen LogP contribution in [0.3, 0.4) is 0 Å². The van der Waals surface area contributed by atoms with Crippen LogP contribution in [0.1, 0.15) is 38.5 Å². The zero-order valence-electron chi connectivity index (χ0n) is 35.2. The van der Waals surface area contributed by atoms with Crippen LogP contribution in [-0.2, 0) is 0 Å². The van der Waals surface area contributed by atoms with Gasteiger partial charge in [-0.3, -0.25) is 0 Å². The SMILES string of the molecule is c1ccc(-c2cc(-c3c4ccc(N5CCCCC5)cc4c(-c4cc(-c5ccccc5)nc(-c5ccccc5)c4)c4ccc(N5CCCCC5)cc34)cc(-c3ccccc3)n2)cc1. The van der Waals surface area contributed by atoms with Gasteiger partial charge >= 0.3 is 0 Å². The molecule has 2 saturated heterocycles. The minimum atomic E-state index is 0.971. The maximum Gasteiger partial charge on any atom is 0.0715 e. The van der Waals surface area contributed by atoms with Crippen LogP contribution in [0.5, 0.6) is 0 Å². The number of pyridine rings is 2. The molecule has 0 radical (unpaired) electrons. The third-order valence-corrected chi connectivity index (χ3v) is 13.0.